The molecule has 1 atom stereocenters. The van der Waals surface area contributed by atoms with Crippen LogP contribution in [0.15, 0.2) is 12.4 Å². The fourth-order valence-electron chi connectivity index (χ4n) is 1.98. The van der Waals surface area contributed by atoms with Gasteiger partial charge in [0.2, 0.25) is 0 Å². The van der Waals surface area contributed by atoms with Crippen LogP contribution in [0.4, 0.5) is 4.79 Å². The zero-order valence-corrected chi connectivity index (χ0v) is 11.1. The van der Waals surface area contributed by atoms with Crippen molar-refractivity contribution in [2.45, 2.75) is 32.4 Å². The molecule has 1 aliphatic rings. The number of nitrogens with one attached hydrogen (secondary N) is 2. The molecule has 2 rings (SSSR count). The zero-order valence-electron chi connectivity index (χ0n) is 11.1. The van der Waals surface area contributed by atoms with Gasteiger partial charge in [-0.3, -0.25) is 10.00 Å². The summed E-state index contributed by atoms with van der Waals surface area (Å²) in [6.07, 6.45) is 3.29. The summed E-state index contributed by atoms with van der Waals surface area (Å²) in [6, 6.07) is -0.0210. The van der Waals surface area contributed by atoms with Crippen LogP contribution in [0.25, 0.3) is 0 Å². The van der Waals surface area contributed by atoms with Crippen LogP contribution in [0.2, 0.25) is 0 Å². The molecule has 1 saturated heterocycles. The number of aromatic nitrogens is 2. The molecule has 0 aromatic carbocycles. The van der Waals surface area contributed by atoms with Gasteiger partial charge in [0, 0.05) is 31.4 Å². The van der Waals surface area contributed by atoms with Crippen molar-refractivity contribution in [1.82, 2.24) is 20.4 Å². The van der Waals surface area contributed by atoms with E-state index >= 15 is 0 Å². The van der Waals surface area contributed by atoms with Crippen LogP contribution in [-0.2, 0) is 4.74 Å². The molecular formula is C12H20N4O2. The normalized spacial score (nSPS) is 20.8. The Kier molecular flexibility index (Phi) is 3.56. The number of carbonyl (C=O) groups excluding carboxylic acids is 1. The fraction of sp³-hybridized carbons (Fsp3) is 0.667. The van der Waals surface area contributed by atoms with Crippen molar-refractivity contribution in [1.29, 1.82) is 0 Å². The van der Waals surface area contributed by atoms with Crippen molar-refractivity contribution < 1.29 is 9.53 Å². The largest absolute Gasteiger partial charge is 0.444 e. The first-order valence-corrected chi connectivity index (χ1v) is 6.16. The standard InChI is InChI=1S/C12H20N4O2/c1-12(2,3)18-11(17)16-5-4-13-8-10(16)9-6-14-15-7-9/h6-7,10,13H,4-5,8H2,1-3H3,(H,14,15). The molecule has 1 amide bonds. The molecule has 6 nitrogen and oxygen atoms in total. The minimum absolute atomic E-state index is 0.0210. The Balaban J connectivity index is 2.11. The van der Waals surface area contributed by atoms with E-state index in [0.29, 0.717) is 6.54 Å². The number of H-pyrrole nitrogens is 1. The second-order valence-corrected chi connectivity index (χ2v) is 5.43. The first kappa shape index (κ1) is 12.9. The molecule has 0 spiro atoms. The highest BCUT2D eigenvalue weighted by Crippen LogP contribution is 2.23. The minimum Gasteiger partial charge on any atom is -0.444 e. The van der Waals surface area contributed by atoms with Crippen LogP contribution in [0, 0.1) is 0 Å². The molecular weight excluding hydrogens is 232 g/mol. The van der Waals surface area contributed by atoms with Crippen LogP contribution >= 0.6 is 0 Å². The fourth-order valence-corrected chi connectivity index (χ4v) is 1.98. The molecule has 100 valence electrons. The SMILES string of the molecule is CC(C)(C)OC(=O)N1CCNCC1c1cn[nH]c1. The number of piperazine rings is 1. The molecule has 2 N–H and O–H groups in total. The van der Waals surface area contributed by atoms with Gasteiger partial charge in [-0.2, -0.15) is 5.10 Å². The number of aromatic amines is 1. The highest BCUT2D eigenvalue weighted by molar-refractivity contribution is 5.69. The Bertz CT molecular complexity index is 397. The predicted molar refractivity (Wildman–Crippen MR) is 67.1 cm³/mol. The molecule has 18 heavy (non-hydrogen) atoms. The summed E-state index contributed by atoms with van der Waals surface area (Å²) in [5, 5.41) is 9.99. The number of hydrogen-bond acceptors (Lipinski definition) is 4. The van der Waals surface area contributed by atoms with Gasteiger partial charge < -0.3 is 10.1 Å². The van der Waals surface area contributed by atoms with Gasteiger partial charge in [0.1, 0.15) is 5.60 Å². The van der Waals surface area contributed by atoms with E-state index in [1.165, 1.54) is 0 Å². The average molecular weight is 252 g/mol. The number of rotatable bonds is 1. The molecule has 1 aromatic heterocycles. The number of nitrogens with zero attached hydrogens (tertiary/aromatic N) is 2. The molecule has 0 saturated carbocycles. The minimum atomic E-state index is -0.469. The van der Waals surface area contributed by atoms with Gasteiger partial charge in [-0.05, 0) is 20.8 Å². The molecule has 1 fully saturated rings. The topological polar surface area (TPSA) is 70.2 Å². The zero-order chi connectivity index (χ0) is 13.2. The smallest absolute Gasteiger partial charge is 0.410 e. The Hall–Kier alpha value is -1.56. The van der Waals surface area contributed by atoms with Gasteiger partial charge in [0.05, 0.1) is 12.2 Å². The van der Waals surface area contributed by atoms with Crippen molar-refractivity contribution >= 4 is 6.09 Å². The lowest BCUT2D eigenvalue weighted by Crippen LogP contribution is -2.50. The molecule has 2 heterocycles. The molecule has 0 aliphatic carbocycles. The maximum Gasteiger partial charge on any atom is 0.410 e. The van der Waals surface area contributed by atoms with E-state index in [-0.39, 0.29) is 12.1 Å². The third-order valence-corrected chi connectivity index (χ3v) is 2.78. The van der Waals surface area contributed by atoms with E-state index in [1.54, 1.807) is 11.1 Å². The molecule has 0 bridgehead atoms. The van der Waals surface area contributed by atoms with Crippen molar-refractivity contribution in [2.24, 2.45) is 0 Å². The van der Waals surface area contributed by atoms with E-state index in [2.05, 4.69) is 15.5 Å². The Labute approximate surface area is 107 Å². The first-order valence-electron chi connectivity index (χ1n) is 6.16. The molecule has 1 unspecified atom stereocenters. The van der Waals surface area contributed by atoms with E-state index in [4.69, 9.17) is 4.74 Å². The van der Waals surface area contributed by atoms with Crippen LogP contribution in [0.5, 0.6) is 0 Å². The summed E-state index contributed by atoms with van der Waals surface area (Å²) in [7, 11) is 0. The molecule has 6 heteroatoms. The molecule has 1 aliphatic heterocycles. The predicted octanol–water partition coefficient (Wildman–Crippen LogP) is 1.29. The van der Waals surface area contributed by atoms with E-state index in [1.807, 2.05) is 27.0 Å². The van der Waals surface area contributed by atoms with Gasteiger partial charge >= 0.3 is 6.09 Å². The molecule has 0 radical (unpaired) electrons. The van der Waals surface area contributed by atoms with E-state index in [9.17, 15) is 4.79 Å². The quantitative estimate of drug-likeness (QED) is 0.790. The second-order valence-electron chi connectivity index (χ2n) is 5.43. The third-order valence-electron chi connectivity index (χ3n) is 2.78. The van der Waals surface area contributed by atoms with Gasteiger partial charge in [-0.1, -0.05) is 0 Å². The lowest BCUT2D eigenvalue weighted by molar-refractivity contribution is 0.0118. The monoisotopic (exact) mass is 252 g/mol. The van der Waals surface area contributed by atoms with Crippen molar-refractivity contribution in [3.63, 3.8) is 0 Å². The van der Waals surface area contributed by atoms with E-state index in [0.717, 1.165) is 18.7 Å². The summed E-state index contributed by atoms with van der Waals surface area (Å²) in [6.45, 7) is 7.77. The van der Waals surface area contributed by atoms with E-state index < -0.39 is 5.60 Å². The van der Waals surface area contributed by atoms with Crippen LogP contribution < -0.4 is 5.32 Å². The lowest BCUT2D eigenvalue weighted by Gasteiger charge is -2.36. The second kappa shape index (κ2) is 4.97. The van der Waals surface area contributed by atoms with Crippen LogP contribution in [-0.4, -0.2) is 46.4 Å². The highest BCUT2D eigenvalue weighted by atomic mass is 16.6. The molecule has 1 aromatic rings. The van der Waals surface area contributed by atoms with Gasteiger partial charge in [0.25, 0.3) is 0 Å². The van der Waals surface area contributed by atoms with Gasteiger partial charge in [-0.15, -0.1) is 0 Å². The lowest BCUT2D eigenvalue weighted by atomic mass is 10.1. The van der Waals surface area contributed by atoms with Crippen molar-refractivity contribution in [3.8, 4) is 0 Å². The number of ether oxygens (including phenoxy) is 1. The highest BCUT2D eigenvalue weighted by Gasteiger charge is 2.31. The summed E-state index contributed by atoms with van der Waals surface area (Å²) in [4.78, 5) is 13.9. The van der Waals surface area contributed by atoms with Crippen LogP contribution in [0.1, 0.15) is 32.4 Å². The average Bonchev–Trinajstić information content (AvgIpc) is 2.80. The summed E-state index contributed by atoms with van der Waals surface area (Å²) in [5.74, 6) is 0. The van der Waals surface area contributed by atoms with Gasteiger partial charge in [-0.25, -0.2) is 4.79 Å². The maximum absolute atomic E-state index is 12.2. The Morgan fingerprint density at radius 3 is 2.94 bits per heavy atom. The number of carbonyl (C=O) groups is 1. The first-order chi connectivity index (χ1) is 8.47. The Morgan fingerprint density at radius 1 is 1.56 bits per heavy atom. The number of amides is 1. The van der Waals surface area contributed by atoms with Crippen molar-refractivity contribution in [2.75, 3.05) is 19.6 Å². The number of hydrogen-bond donors (Lipinski definition) is 2. The third kappa shape index (κ3) is 3.01. The maximum atomic E-state index is 12.2. The Morgan fingerprint density at radius 2 is 2.33 bits per heavy atom. The summed E-state index contributed by atoms with van der Waals surface area (Å²) < 4.78 is 5.43. The summed E-state index contributed by atoms with van der Waals surface area (Å²) >= 11 is 0. The summed E-state index contributed by atoms with van der Waals surface area (Å²) in [5.41, 5.74) is 0.524. The van der Waals surface area contributed by atoms with Crippen LogP contribution in [0.3, 0.4) is 0 Å². The van der Waals surface area contributed by atoms with Gasteiger partial charge in [0.15, 0.2) is 0 Å². The van der Waals surface area contributed by atoms with Crippen molar-refractivity contribution in [3.05, 3.63) is 18.0 Å².